The van der Waals surface area contributed by atoms with E-state index in [0.717, 1.165) is 6.42 Å². The zero-order valence-electron chi connectivity index (χ0n) is 11.5. The van der Waals surface area contributed by atoms with Crippen molar-refractivity contribution in [2.24, 2.45) is 11.3 Å². The third-order valence-electron chi connectivity index (χ3n) is 2.79. The topological polar surface area (TPSA) is 46.5 Å². The predicted octanol–water partition coefficient (Wildman–Crippen LogP) is 2.42. The van der Waals surface area contributed by atoms with Crippen molar-refractivity contribution < 1.29 is 14.6 Å². The smallest absolute Gasteiger partial charge is 0.166 e. The predicted molar refractivity (Wildman–Crippen MR) is 65.4 cm³/mol. The van der Waals surface area contributed by atoms with Gasteiger partial charge in [0.15, 0.2) is 5.78 Å². The molecule has 0 rings (SSSR count). The van der Waals surface area contributed by atoms with Gasteiger partial charge in [-0.2, -0.15) is 0 Å². The highest BCUT2D eigenvalue weighted by Crippen LogP contribution is 2.22. The van der Waals surface area contributed by atoms with E-state index < -0.39 is 5.60 Å². The largest absolute Gasteiger partial charge is 0.396 e. The van der Waals surface area contributed by atoms with Gasteiger partial charge in [0.25, 0.3) is 0 Å². The van der Waals surface area contributed by atoms with Crippen LogP contribution in [-0.2, 0) is 9.53 Å². The van der Waals surface area contributed by atoms with Crippen molar-refractivity contribution in [2.45, 2.75) is 53.6 Å². The van der Waals surface area contributed by atoms with E-state index in [1.54, 1.807) is 13.8 Å². The van der Waals surface area contributed by atoms with Crippen molar-refractivity contribution in [3.05, 3.63) is 0 Å². The number of hydrogen-bond donors (Lipinski definition) is 1. The Labute approximate surface area is 99.2 Å². The van der Waals surface area contributed by atoms with Gasteiger partial charge in [-0.05, 0) is 25.7 Å². The van der Waals surface area contributed by atoms with Crippen LogP contribution in [-0.4, -0.2) is 29.7 Å². The van der Waals surface area contributed by atoms with Crippen LogP contribution in [0.2, 0.25) is 0 Å². The summed E-state index contributed by atoms with van der Waals surface area (Å²) in [5.41, 5.74) is -0.864. The van der Waals surface area contributed by atoms with Gasteiger partial charge in [0.05, 0.1) is 0 Å². The van der Waals surface area contributed by atoms with E-state index in [4.69, 9.17) is 9.84 Å². The first-order valence-corrected chi connectivity index (χ1v) is 5.91. The summed E-state index contributed by atoms with van der Waals surface area (Å²) in [5.74, 6) is 0.107. The summed E-state index contributed by atoms with van der Waals surface area (Å²) in [6.07, 6.45) is 0.748. The first-order chi connectivity index (χ1) is 7.12. The molecule has 0 aliphatic heterocycles. The first kappa shape index (κ1) is 15.6. The van der Waals surface area contributed by atoms with Crippen LogP contribution in [0.4, 0.5) is 0 Å². The maximum Gasteiger partial charge on any atom is 0.166 e. The molecule has 0 radical (unpaired) electrons. The molecule has 0 aromatic carbocycles. The fourth-order valence-electron chi connectivity index (χ4n) is 1.43. The molecule has 0 aliphatic carbocycles. The molecule has 0 aliphatic rings. The summed E-state index contributed by atoms with van der Waals surface area (Å²) in [5, 5.41) is 9.10. The molecule has 0 unspecified atom stereocenters. The molecule has 0 saturated carbocycles. The third kappa shape index (κ3) is 5.08. The Morgan fingerprint density at radius 1 is 1.25 bits per heavy atom. The van der Waals surface area contributed by atoms with Gasteiger partial charge in [-0.1, -0.05) is 27.7 Å². The summed E-state index contributed by atoms with van der Waals surface area (Å²) >= 11 is 0. The number of ether oxygens (including phenoxy) is 1. The summed E-state index contributed by atoms with van der Waals surface area (Å²) in [7, 11) is 0. The van der Waals surface area contributed by atoms with Gasteiger partial charge in [0.1, 0.15) is 5.60 Å². The normalized spacial score (nSPS) is 13.2. The maximum atomic E-state index is 11.8. The van der Waals surface area contributed by atoms with Gasteiger partial charge in [-0.3, -0.25) is 4.79 Å². The number of carbonyl (C=O) groups excluding carboxylic acids is 1. The number of hydrogen-bond acceptors (Lipinski definition) is 3. The highest BCUT2D eigenvalue weighted by atomic mass is 16.5. The molecule has 0 spiro atoms. The molecule has 16 heavy (non-hydrogen) atoms. The summed E-state index contributed by atoms with van der Waals surface area (Å²) < 4.78 is 5.63. The minimum Gasteiger partial charge on any atom is -0.396 e. The Morgan fingerprint density at radius 3 is 2.12 bits per heavy atom. The van der Waals surface area contributed by atoms with Crippen LogP contribution in [0.15, 0.2) is 0 Å². The van der Waals surface area contributed by atoms with Crippen molar-refractivity contribution in [1.82, 2.24) is 0 Å². The molecule has 0 atom stereocenters. The van der Waals surface area contributed by atoms with Crippen LogP contribution >= 0.6 is 0 Å². The number of aliphatic hydroxyl groups is 1. The van der Waals surface area contributed by atoms with Gasteiger partial charge >= 0.3 is 0 Å². The number of carbonyl (C=O) groups is 1. The van der Waals surface area contributed by atoms with Crippen molar-refractivity contribution in [3.63, 3.8) is 0 Å². The maximum absolute atomic E-state index is 11.8. The van der Waals surface area contributed by atoms with Gasteiger partial charge in [0.2, 0.25) is 0 Å². The van der Waals surface area contributed by atoms with E-state index in [2.05, 4.69) is 0 Å². The lowest BCUT2D eigenvalue weighted by Gasteiger charge is -2.28. The molecule has 0 bridgehead atoms. The highest BCUT2D eigenvalue weighted by molar-refractivity contribution is 5.88. The Morgan fingerprint density at radius 2 is 1.75 bits per heavy atom. The molecule has 1 N–H and O–H groups in total. The second kappa shape index (κ2) is 5.78. The highest BCUT2D eigenvalue weighted by Gasteiger charge is 2.30. The number of rotatable bonds is 7. The monoisotopic (exact) mass is 230 g/mol. The van der Waals surface area contributed by atoms with E-state index in [-0.39, 0.29) is 23.7 Å². The van der Waals surface area contributed by atoms with Crippen LogP contribution in [0.3, 0.4) is 0 Å². The molecular weight excluding hydrogens is 204 g/mol. The van der Waals surface area contributed by atoms with Gasteiger partial charge < -0.3 is 9.84 Å². The van der Waals surface area contributed by atoms with E-state index in [9.17, 15) is 4.79 Å². The van der Waals surface area contributed by atoms with E-state index >= 15 is 0 Å². The van der Waals surface area contributed by atoms with Crippen molar-refractivity contribution >= 4 is 5.78 Å². The summed E-state index contributed by atoms with van der Waals surface area (Å²) in [6, 6.07) is 0. The first-order valence-electron chi connectivity index (χ1n) is 5.91. The molecule has 0 saturated heterocycles. The second-order valence-electron chi connectivity index (χ2n) is 5.95. The molecule has 0 aromatic heterocycles. The lowest BCUT2D eigenvalue weighted by atomic mass is 9.90. The zero-order valence-corrected chi connectivity index (χ0v) is 11.5. The molecule has 96 valence electrons. The van der Waals surface area contributed by atoms with Crippen LogP contribution in [0.1, 0.15) is 48.0 Å². The van der Waals surface area contributed by atoms with Crippen LogP contribution in [0.5, 0.6) is 0 Å². The SMILES string of the molecule is CC(C)C(=O)C(C)(C)OCCC(C)(C)CO. The van der Waals surface area contributed by atoms with E-state index in [0.29, 0.717) is 6.61 Å². The van der Waals surface area contributed by atoms with E-state index in [1.807, 2.05) is 27.7 Å². The molecule has 0 fully saturated rings. The van der Waals surface area contributed by atoms with Crippen LogP contribution in [0.25, 0.3) is 0 Å². The fourth-order valence-corrected chi connectivity index (χ4v) is 1.43. The van der Waals surface area contributed by atoms with Crippen molar-refractivity contribution in [1.29, 1.82) is 0 Å². The van der Waals surface area contributed by atoms with Gasteiger partial charge in [0, 0.05) is 19.1 Å². The molecule has 0 heterocycles. The molecule has 0 amide bonds. The summed E-state index contributed by atoms with van der Waals surface area (Å²) in [6.45, 7) is 12.0. The molecule has 0 aromatic rings. The average Bonchev–Trinajstić information content (AvgIpc) is 2.15. The molecule has 3 nitrogen and oxygen atoms in total. The molecular formula is C13H26O3. The Balaban J connectivity index is 4.15. The van der Waals surface area contributed by atoms with Crippen LogP contribution < -0.4 is 0 Å². The van der Waals surface area contributed by atoms with Crippen molar-refractivity contribution in [2.75, 3.05) is 13.2 Å². The van der Waals surface area contributed by atoms with Gasteiger partial charge in [-0.15, -0.1) is 0 Å². The lowest BCUT2D eigenvalue weighted by Crippen LogP contribution is -2.39. The number of ketones is 1. The minimum absolute atomic E-state index is 0.0131. The van der Waals surface area contributed by atoms with Crippen molar-refractivity contribution in [3.8, 4) is 0 Å². The Hall–Kier alpha value is -0.410. The third-order valence-corrected chi connectivity index (χ3v) is 2.79. The minimum atomic E-state index is -0.723. The zero-order chi connectivity index (χ0) is 13.0. The number of Topliss-reactive ketones (excluding diaryl/α,β-unsaturated/α-hetero) is 1. The van der Waals surface area contributed by atoms with Gasteiger partial charge in [-0.25, -0.2) is 0 Å². The molecule has 3 heteroatoms. The Bertz CT molecular complexity index is 229. The fraction of sp³-hybridized carbons (Fsp3) is 0.923. The number of aliphatic hydroxyl groups excluding tert-OH is 1. The quantitative estimate of drug-likeness (QED) is 0.730. The summed E-state index contributed by atoms with van der Waals surface area (Å²) in [4.78, 5) is 11.8. The second-order valence-corrected chi connectivity index (χ2v) is 5.95. The lowest BCUT2D eigenvalue weighted by molar-refractivity contribution is -0.144. The average molecular weight is 230 g/mol. The Kier molecular flexibility index (Phi) is 5.63. The van der Waals surface area contributed by atoms with Crippen LogP contribution in [0, 0.1) is 11.3 Å². The standard InChI is InChI=1S/C13H26O3/c1-10(2)11(15)13(5,6)16-8-7-12(3,4)9-14/h10,14H,7-9H2,1-6H3. The van der Waals surface area contributed by atoms with E-state index in [1.165, 1.54) is 0 Å².